The van der Waals surface area contributed by atoms with Gasteiger partial charge in [0.05, 0.1) is 10.6 Å². The minimum absolute atomic E-state index is 0.0709. The molecule has 8 heteroatoms. The maximum atomic E-state index is 14.5. The van der Waals surface area contributed by atoms with Crippen molar-refractivity contribution in [3.05, 3.63) is 58.9 Å². The van der Waals surface area contributed by atoms with Gasteiger partial charge in [0.1, 0.15) is 5.82 Å². The average Bonchev–Trinajstić information content (AvgIpc) is 2.64. The summed E-state index contributed by atoms with van der Waals surface area (Å²) in [5, 5.41) is 5.69. The molecule has 0 atom stereocenters. The van der Waals surface area contributed by atoms with Crippen LogP contribution in [0.2, 0.25) is 0 Å². The molecule has 1 amide bonds. The second-order valence-electron chi connectivity index (χ2n) is 6.50. The summed E-state index contributed by atoms with van der Waals surface area (Å²) in [6.07, 6.45) is 0.477. The Morgan fingerprint density at radius 2 is 1.93 bits per heavy atom. The molecule has 0 unspecified atom stereocenters. The third-order valence-electron chi connectivity index (χ3n) is 4.46. The molecule has 0 saturated heterocycles. The summed E-state index contributed by atoms with van der Waals surface area (Å²) in [6, 6.07) is 9.76. The number of anilines is 1. The van der Waals surface area contributed by atoms with Crippen molar-refractivity contribution in [2.45, 2.75) is 31.2 Å². The van der Waals surface area contributed by atoms with Crippen LogP contribution in [0.25, 0.3) is 0 Å². The van der Waals surface area contributed by atoms with Gasteiger partial charge < -0.3 is 10.6 Å². The van der Waals surface area contributed by atoms with Crippen LogP contribution in [0.4, 0.5) is 10.1 Å². The molecule has 3 N–H and O–H groups in total. The summed E-state index contributed by atoms with van der Waals surface area (Å²) in [6.45, 7) is 3.10. The minimum Gasteiger partial charge on any atom is -0.324 e. The molecule has 2 aromatic carbocycles. The van der Waals surface area contributed by atoms with Gasteiger partial charge in [0.25, 0.3) is 0 Å². The van der Waals surface area contributed by atoms with E-state index in [1.807, 2.05) is 6.92 Å². The van der Waals surface area contributed by atoms with Gasteiger partial charge in [0.15, 0.2) is 0 Å². The zero-order valence-corrected chi connectivity index (χ0v) is 15.8. The van der Waals surface area contributed by atoms with E-state index in [4.69, 9.17) is 0 Å². The first-order chi connectivity index (χ1) is 12.9. The maximum absolute atomic E-state index is 14.5. The first-order valence-electron chi connectivity index (χ1n) is 8.74. The monoisotopic (exact) mass is 391 g/mol. The molecular weight excluding hydrogens is 369 g/mol. The van der Waals surface area contributed by atoms with Crippen LogP contribution in [0.5, 0.6) is 0 Å². The lowest BCUT2D eigenvalue weighted by atomic mass is 9.99. The number of fused-ring (bicyclic) bond motifs is 1. The van der Waals surface area contributed by atoms with E-state index in [0.29, 0.717) is 25.1 Å². The van der Waals surface area contributed by atoms with Crippen LogP contribution in [0.15, 0.2) is 41.3 Å². The van der Waals surface area contributed by atoms with Gasteiger partial charge in [-0.3, -0.25) is 4.79 Å². The quantitative estimate of drug-likeness (QED) is 0.704. The van der Waals surface area contributed by atoms with Crippen molar-refractivity contribution >= 4 is 21.6 Å². The smallest absolute Gasteiger partial charge is 0.240 e. The van der Waals surface area contributed by atoms with E-state index in [2.05, 4.69) is 15.4 Å². The van der Waals surface area contributed by atoms with E-state index in [9.17, 15) is 17.6 Å². The largest absolute Gasteiger partial charge is 0.324 e. The summed E-state index contributed by atoms with van der Waals surface area (Å²) >= 11 is 0. The SMILES string of the molecule is Cc1ccc(S(=O)(=O)NCCC(=O)Nc2ccc3c(c2F)CCNC3)cc1. The van der Waals surface area contributed by atoms with E-state index in [1.165, 1.54) is 18.2 Å². The van der Waals surface area contributed by atoms with Crippen LogP contribution in [-0.2, 0) is 27.8 Å². The molecule has 0 aromatic heterocycles. The third-order valence-corrected chi connectivity index (χ3v) is 5.93. The van der Waals surface area contributed by atoms with Crippen molar-refractivity contribution in [3.8, 4) is 0 Å². The Labute approximate surface area is 158 Å². The molecule has 0 fully saturated rings. The number of sulfonamides is 1. The van der Waals surface area contributed by atoms with Crippen molar-refractivity contribution in [2.24, 2.45) is 0 Å². The Balaban J connectivity index is 1.56. The third kappa shape index (κ3) is 4.71. The highest BCUT2D eigenvalue weighted by Crippen LogP contribution is 2.24. The molecule has 1 heterocycles. The first-order valence-corrected chi connectivity index (χ1v) is 10.2. The maximum Gasteiger partial charge on any atom is 0.240 e. The van der Waals surface area contributed by atoms with E-state index in [0.717, 1.165) is 11.1 Å². The summed E-state index contributed by atoms with van der Waals surface area (Å²) in [5.74, 6) is -0.864. The number of benzene rings is 2. The van der Waals surface area contributed by atoms with E-state index < -0.39 is 21.7 Å². The number of carbonyl (C=O) groups is 1. The molecule has 144 valence electrons. The molecule has 0 aliphatic carbocycles. The molecular formula is C19H22FN3O3S. The lowest BCUT2D eigenvalue weighted by molar-refractivity contribution is -0.116. The Hall–Kier alpha value is -2.29. The fraction of sp³-hybridized carbons (Fsp3) is 0.316. The zero-order valence-electron chi connectivity index (χ0n) is 15.0. The number of halogens is 1. The lowest BCUT2D eigenvalue weighted by Gasteiger charge is -2.19. The van der Waals surface area contributed by atoms with E-state index >= 15 is 0 Å². The zero-order chi connectivity index (χ0) is 19.4. The number of aryl methyl sites for hydroxylation is 1. The highest BCUT2D eigenvalue weighted by Gasteiger charge is 2.18. The number of hydrogen-bond acceptors (Lipinski definition) is 4. The summed E-state index contributed by atoms with van der Waals surface area (Å²) in [7, 11) is -3.68. The lowest BCUT2D eigenvalue weighted by Crippen LogP contribution is -2.28. The molecule has 1 aliphatic rings. The standard InChI is InChI=1S/C19H22FN3O3S/c1-13-2-5-15(6-3-13)27(25,26)22-11-9-18(24)23-17-7-4-14-12-21-10-8-16(14)19(17)20/h2-7,21-22H,8-12H2,1H3,(H,23,24). The van der Waals surface area contributed by atoms with Gasteiger partial charge in [0, 0.05) is 19.5 Å². The van der Waals surface area contributed by atoms with Crippen molar-refractivity contribution in [1.29, 1.82) is 0 Å². The average molecular weight is 391 g/mol. The molecule has 27 heavy (non-hydrogen) atoms. The summed E-state index contributed by atoms with van der Waals surface area (Å²) in [5.41, 5.74) is 2.59. The van der Waals surface area contributed by atoms with Gasteiger partial charge in [-0.2, -0.15) is 0 Å². The molecule has 1 aliphatic heterocycles. The van der Waals surface area contributed by atoms with Crippen molar-refractivity contribution in [3.63, 3.8) is 0 Å². The van der Waals surface area contributed by atoms with Gasteiger partial charge in [-0.1, -0.05) is 23.8 Å². The van der Waals surface area contributed by atoms with Crippen LogP contribution >= 0.6 is 0 Å². The second-order valence-corrected chi connectivity index (χ2v) is 8.27. The summed E-state index contributed by atoms with van der Waals surface area (Å²) < 4.78 is 41.3. The predicted molar refractivity (Wildman–Crippen MR) is 101 cm³/mol. The molecule has 0 saturated carbocycles. The van der Waals surface area contributed by atoms with Crippen LogP contribution in [0.1, 0.15) is 23.1 Å². The Bertz CT molecular complexity index is 943. The van der Waals surface area contributed by atoms with Crippen LogP contribution in [0.3, 0.4) is 0 Å². The Kier molecular flexibility index (Phi) is 5.88. The van der Waals surface area contributed by atoms with E-state index in [-0.39, 0.29) is 23.5 Å². The first kappa shape index (κ1) is 19.5. The Morgan fingerprint density at radius 1 is 1.19 bits per heavy atom. The van der Waals surface area contributed by atoms with Crippen LogP contribution in [-0.4, -0.2) is 27.4 Å². The van der Waals surface area contributed by atoms with Gasteiger partial charge in [-0.05, 0) is 49.2 Å². The molecule has 0 radical (unpaired) electrons. The summed E-state index contributed by atoms with van der Waals surface area (Å²) in [4.78, 5) is 12.2. The molecule has 0 spiro atoms. The Morgan fingerprint density at radius 3 is 2.67 bits per heavy atom. The number of rotatable bonds is 6. The topological polar surface area (TPSA) is 87.3 Å². The fourth-order valence-electron chi connectivity index (χ4n) is 2.94. The minimum atomic E-state index is -3.68. The normalized spacial score (nSPS) is 13.9. The van der Waals surface area contributed by atoms with Crippen LogP contribution < -0.4 is 15.4 Å². The van der Waals surface area contributed by atoms with Crippen molar-refractivity contribution in [2.75, 3.05) is 18.4 Å². The number of carbonyl (C=O) groups excluding carboxylic acids is 1. The predicted octanol–water partition coefficient (Wildman–Crippen LogP) is 2.09. The van der Waals surface area contributed by atoms with Gasteiger partial charge in [0.2, 0.25) is 15.9 Å². The molecule has 2 aromatic rings. The molecule has 0 bridgehead atoms. The number of hydrogen-bond donors (Lipinski definition) is 3. The van der Waals surface area contributed by atoms with Gasteiger partial charge >= 0.3 is 0 Å². The van der Waals surface area contributed by atoms with Crippen molar-refractivity contribution in [1.82, 2.24) is 10.0 Å². The molecule has 3 rings (SSSR count). The highest BCUT2D eigenvalue weighted by atomic mass is 32.2. The highest BCUT2D eigenvalue weighted by molar-refractivity contribution is 7.89. The second kappa shape index (κ2) is 8.16. The number of nitrogens with one attached hydrogen (secondary N) is 3. The van der Waals surface area contributed by atoms with Gasteiger partial charge in [-0.25, -0.2) is 17.5 Å². The van der Waals surface area contributed by atoms with Gasteiger partial charge in [-0.15, -0.1) is 0 Å². The van der Waals surface area contributed by atoms with Crippen molar-refractivity contribution < 1.29 is 17.6 Å². The fourth-order valence-corrected chi connectivity index (χ4v) is 3.97. The molecule has 6 nitrogen and oxygen atoms in total. The number of amides is 1. The van der Waals surface area contributed by atoms with Crippen LogP contribution in [0, 0.1) is 12.7 Å². The van der Waals surface area contributed by atoms with E-state index in [1.54, 1.807) is 18.2 Å².